The van der Waals surface area contributed by atoms with Crippen molar-refractivity contribution in [2.24, 2.45) is 0 Å². The van der Waals surface area contributed by atoms with Gasteiger partial charge in [-0.25, -0.2) is 14.3 Å². The van der Waals surface area contributed by atoms with Crippen LogP contribution in [0.15, 0.2) is 12.3 Å². The second kappa shape index (κ2) is 4.53. The van der Waals surface area contributed by atoms with Gasteiger partial charge in [-0.1, -0.05) is 0 Å². The summed E-state index contributed by atoms with van der Waals surface area (Å²) >= 11 is 0. The van der Waals surface area contributed by atoms with E-state index in [0.29, 0.717) is 23.9 Å². The van der Waals surface area contributed by atoms with Gasteiger partial charge in [0.05, 0.1) is 12.8 Å². The molecule has 0 radical (unpaired) electrons. The maximum atomic E-state index is 11.8. The summed E-state index contributed by atoms with van der Waals surface area (Å²) in [5.41, 5.74) is 1.88. The fourth-order valence-electron chi connectivity index (χ4n) is 1.98. The Hall–Kier alpha value is -2.11. The van der Waals surface area contributed by atoms with Gasteiger partial charge >= 0.3 is 5.97 Å². The van der Waals surface area contributed by atoms with Crippen LogP contribution in [0.4, 0.5) is 5.82 Å². The summed E-state index contributed by atoms with van der Waals surface area (Å²) in [4.78, 5) is 16.3. The van der Waals surface area contributed by atoms with Crippen molar-refractivity contribution < 1.29 is 9.53 Å². The fraction of sp³-hybridized carbons (Fsp3) is 0.462. The molecule has 1 N–H and O–H groups in total. The molecule has 1 fully saturated rings. The third kappa shape index (κ3) is 2.25. The number of fused-ring (bicyclic) bond motifs is 1. The quantitative estimate of drug-likeness (QED) is 0.849. The number of esters is 1. The maximum absolute atomic E-state index is 11.8. The monoisotopic (exact) mass is 260 g/mol. The molecule has 19 heavy (non-hydrogen) atoms. The molecular weight excluding hydrogens is 244 g/mol. The van der Waals surface area contributed by atoms with Gasteiger partial charge in [-0.3, -0.25) is 0 Å². The fourth-order valence-corrected chi connectivity index (χ4v) is 1.98. The van der Waals surface area contributed by atoms with Crippen molar-refractivity contribution in [3.8, 4) is 0 Å². The van der Waals surface area contributed by atoms with Crippen LogP contribution in [0.3, 0.4) is 0 Å². The van der Waals surface area contributed by atoms with Crippen molar-refractivity contribution in [3.63, 3.8) is 0 Å². The van der Waals surface area contributed by atoms with E-state index in [0.717, 1.165) is 11.5 Å². The first-order valence-corrected chi connectivity index (χ1v) is 6.48. The van der Waals surface area contributed by atoms with E-state index < -0.39 is 0 Å². The van der Waals surface area contributed by atoms with Crippen molar-refractivity contribution in [1.29, 1.82) is 0 Å². The number of carbonyl (C=O) groups is 1. The molecular formula is C13H16N4O2. The van der Waals surface area contributed by atoms with E-state index >= 15 is 0 Å². The topological polar surface area (TPSA) is 68.5 Å². The van der Waals surface area contributed by atoms with E-state index in [4.69, 9.17) is 4.74 Å². The first-order valence-electron chi connectivity index (χ1n) is 6.48. The molecule has 0 aliphatic heterocycles. The lowest BCUT2D eigenvalue weighted by Crippen LogP contribution is -2.08. The Balaban J connectivity index is 2.03. The van der Waals surface area contributed by atoms with Gasteiger partial charge in [0.25, 0.3) is 0 Å². The highest BCUT2D eigenvalue weighted by atomic mass is 16.5. The average Bonchev–Trinajstić information content (AvgIpc) is 3.06. The summed E-state index contributed by atoms with van der Waals surface area (Å²) in [6.45, 7) is 4.06. The van der Waals surface area contributed by atoms with Gasteiger partial charge in [0.2, 0.25) is 0 Å². The minimum atomic E-state index is -0.382. The Morgan fingerprint density at radius 3 is 3.05 bits per heavy atom. The summed E-state index contributed by atoms with van der Waals surface area (Å²) in [6, 6.07) is 2.45. The normalized spacial score (nSPS) is 14.6. The zero-order valence-electron chi connectivity index (χ0n) is 11.0. The predicted molar refractivity (Wildman–Crippen MR) is 70.3 cm³/mol. The lowest BCUT2D eigenvalue weighted by Gasteiger charge is -2.07. The number of aryl methyl sites for hydroxylation is 1. The minimum absolute atomic E-state index is 0.342. The van der Waals surface area contributed by atoms with Crippen LogP contribution in [0.25, 0.3) is 5.65 Å². The summed E-state index contributed by atoms with van der Waals surface area (Å²) in [7, 11) is 0. The number of nitrogens with one attached hydrogen (secondary N) is 1. The number of aromatic nitrogens is 3. The Kier molecular flexibility index (Phi) is 2.85. The van der Waals surface area contributed by atoms with Gasteiger partial charge in [0.15, 0.2) is 5.65 Å². The molecule has 100 valence electrons. The van der Waals surface area contributed by atoms with Crippen LogP contribution in [0, 0.1) is 6.92 Å². The van der Waals surface area contributed by atoms with Crippen LogP contribution >= 0.6 is 0 Å². The lowest BCUT2D eigenvalue weighted by molar-refractivity contribution is 0.0528. The molecule has 0 amide bonds. The molecule has 1 saturated carbocycles. The SMILES string of the molecule is CCOC(=O)c1cnn2c(C)cc(NC3CC3)nc12. The summed E-state index contributed by atoms with van der Waals surface area (Å²) in [5, 5.41) is 7.52. The van der Waals surface area contributed by atoms with Crippen LogP contribution < -0.4 is 5.32 Å². The van der Waals surface area contributed by atoms with Gasteiger partial charge in [0, 0.05) is 17.8 Å². The molecule has 6 nitrogen and oxygen atoms in total. The van der Waals surface area contributed by atoms with E-state index in [1.165, 1.54) is 19.0 Å². The second-order valence-corrected chi connectivity index (χ2v) is 4.72. The summed E-state index contributed by atoms with van der Waals surface area (Å²) in [6.07, 6.45) is 3.86. The molecule has 1 aliphatic rings. The highest BCUT2D eigenvalue weighted by Crippen LogP contribution is 2.25. The van der Waals surface area contributed by atoms with Crippen LogP contribution in [-0.4, -0.2) is 33.2 Å². The van der Waals surface area contributed by atoms with E-state index in [1.807, 2.05) is 13.0 Å². The third-order valence-electron chi connectivity index (χ3n) is 3.07. The first-order chi connectivity index (χ1) is 9.19. The number of anilines is 1. The van der Waals surface area contributed by atoms with Crippen molar-refractivity contribution >= 4 is 17.4 Å². The summed E-state index contributed by atoms with van der Waals surface area (Å²) in [5.74, 6) is 0.409. The van der Waals surface area contributed by atoms with Gasteiger partial charge < -0.3 is 10.1 Å². The van der Waals surface area contributed by atoms with Crippen molar-refractivity contribution in [2.75, 3.05) is 11.9 Å². The molecule has 2 aromatic rings. The average molecular weight is 260 g/mol. The number of carbonyl (C=O) groups excluding carboxylic acids is 1. The van der Waals surface area contributed by atoms with Crippen LogP contribution in [0.1, 0.15) is 35.8 Å². The lowest BCUT2D eigenvalue weighted by atomic mass is 10.3. The van der Waals surface area contributed by atoms with E-state index in [9.17, 15) is 4.79 Å². The molecule has 0 aromatic carbocycles. The Labute approximate surface area is 110 Å². The zero-order chi connectivity index (χ0) is 13.4. The smallest absolute Gasteiger partial charge is 0.343 e. The van der Waals surface area contributed by atoms with E-state index in [2.05, 4.69) is 15.4 Å². The molecule has 0 bridgehead atoms. The highest BCUT2D eigenvalue weighted by molar-refractivity contribution is 5.95. The van der Waals surface area contributed by atoms with Crippen LogP contribution in [0.2, 0.25) is 0 Å². The minimum Gasteiger partial charge on any atom is -0.462 e. The van der Waals surface area contributed by atoms with Crippen LogP contribution in [-0.2, 0) is 4.74 Å². The number of hydrogen-bond acceptors (Lipinski definition) is 5. The van der Waals surface area contributed by atoms with Gasteiger partial charge in [-0.05, 0) is 26.7 Å². The van der Waals surface area contributed by atoms with Gasteiger partial charge in [-0.2, -0.15) is 5.10 Å². The van der Waals surface area contributed by atoms with Gasteiger partial charge in [-0.15, -0.1) is 0 Å². The molecule has 6 heteroatoms. The Bertz CT molecular complexity index is 631. The van der Waals surface area contributed by atoms with E-state index in [1.54, 1.807) is 11.4 Å². The predicted octanol–water partition coefficient (Wildman–Crippen LogP) is 1.79. The number of nitrogens with zero attached hydrogens (tertiary/aromatic N) is 3. The molecule has 3 rings (SSSR count). The molecule has 2 aromatic heterocycles. The second-order valence-electron chi connectivity index (χ2n) is 4.72. The number of ether oxygens (including phenoxy) is 1. The maximum Gasteiger partial charge on any atom is 0.343 e. The molecule has 0 atom stereocenters. The molecule has 0 saturated heterocycles. The standard InChI is InChI=1S/C13H16N4O2/c1-3-19-13(18)10-7-14-17-8(2)6-11(16-12(10)17)15-9-4-5-9/h6-7,9H,3-5H2,1-2H3,(H,15,16). The highest BCUT2D eigenvalue weighted by Gasteiger charge is 2.23. The van der Waals surface area contributed by atoms with E-state index in [-0.39, 0.29) is 5.97 Å². The molecule has 2 heterocycles. The number of hydrogen-bond donors (Lipinski definition) is 1. The molecule has 0 unspecified atom stereocenters. The zero-order valence-corrected chi connectivity index (χ0v) is 11.0. The molecule has 1 aliphatic carbocycles. The van der Waals surface area contributed by atoms with Crippen molar-refractivity contribution in [3.05, 3.63) is 23.5 Å². The number of rotatable bonds is 4. The largest absolute Gasteiger partial charge is 0.462 e. The van der Waals surface area contributed by atoms with Crippen LogP contribution in [0.5, 0.6) is 0 Å². The Morgan fingerprint density at radius 1 is 1.58 bits per heavy atom. The van der Waals surface area contributed by atoms with Gasteiger partial charge in [0.1, 0.15) is 11.4 Å². The van der Waals surface area contributed by atoms with Crippen molar-refractivity contribution in [1.82, 2.24) is 14.6 Å². The molecule has 0 spiro atoms. The summed E-state index contributed by atoms with van der Waals surface area (Å²) < 4.78 is 6.67. The Morgan fingerprint density at radius 2 is 2.37 bits per heavy atom. The van der Waals surface area contributed by atoms with Crippen molar-refractivity contribution in [2.45, 2.75) is 32.7 Å². The third-order valence-corrected chi connectivity index (χ3v) is 3.07. The first kappa shape index (κ1) is 12.0.